The molecule has 436 valence electrons. The second-order valence-corrected chi connectivity index (χ2v) is 21.9. The van der Waals surface area contributed by atoms with Crippen molar-refractivity contribution in [3.8, 4) is 40.2 Å². The largest absolute Gasteiger partial charge is 0.494 e. The molecule has 0 aromatic heterocycles. The molecule has 0 atom stereocenters. The molecule has 8 nitrogen and oxygen atoms in total. The third kappa shape index (κ3) is 29.1. The van der Waals surface area contributed by atoms with Crippen molar-refractivity contribution in [1.29, 1.82) is 0 Å². The Kier molecular flexibility index (Phi) is 34.7. The Balaban J connectivity index is 1.22. The number of aliphatic hydroxyl groups is 1. The normalized spacial score (nSPS) is 11.2. The summed E-state index contributed by atoms with van der Waals surface area (Å²) in [6, 6.07) is 36.1. The van der Waals surface area contributed by atoms with Gasteiger partial charge in [-0.15, -0.1) is 0 Å². The van der Waals surface area contributed by atoms with E-state index in [0.717, 1.165) is 84.1 Å². The van der Waals surface area contributed by atoms with Crippen molar-refractivity contribution in [2.75, 3.05) is 19.8 Å². The van der Waals surface area contributed by atoms with E-state index in [2.05, 4.69) is 57.2 Å². The molecule has 0 radical (unpaired) electrons. The lowest BCUT2D eigenvalue weighted by Crippen LogP contribution is -2.06. The van der Waals surface area contributed by atoms with Gasteiger partial charge in [-0.2, -0.15) is 0 Å². The number of unbranched alkanes of at least 4 members (excludes halogenated alkanes) is 27. The van der Waals surface area contributed by atoms with Crippen LogP contribution in [0.15, 0.2) is 109 Å². The Bertz CT molecular complexity index is 2130. The van der Waals surface area contributed by atoms with E-state index in [1.807, 2.05) is 72.8 Å². The third-order valence-corrected chi connectivity index (χ3v) is 14.8. The number of hydrogen-bond acceptors (Lipinski definition) is 8. The third-order valence-electron chi connectivity index (χ3n) is 14.8. The maximum atomic E-state index is 9.63. The van der Waals surface area contributed by atoms with Gasteiger partial charge in [0, 0.05) is 0 Å². The highest BCUT2D eigenvalue weighted by molar-refractivity contribution is 5.54. The lowest BCUT2D eigenvalue weighted by Gasteiger charge is -2.19. The zero-order valence-corrected chi connectivity index (χ0v) is 49.6. The molecule has 0 aliphatic rings. The molecule has 0 aliphatic heterocycles. The predicted octanol–water partition coefficient (Wildman–Crippen LogP) is 20.4. The second-order valence-electron chi connectivity index (χ2n) is 21.9. The number of hydrogen-bond donors (Lipinski definition) is 1. The van der Waals surface area contributed by atoms with Gasteiger partial charge >= 0.3 is 0 Å². The fraction of sp³-hybridized carbons (Fsp3) is 0.577. The summed E-state index contributed by atoms with van der Waals surface area (Å²) in [5.74, 6) is 4.94. The summed E-state index contributed by atoms with van der Waals surface area (Å²) < 4.78 is 44.9. The van der Waals surface area contributed by atoms with E-state index in [1.54, 1.807) is 0 Å². The predicted molar refractivity (Wildman–Crippen MR) is 327 cm³/mol. The Morgan fingerprint density at radius 2 is 0.506 bits per heavy atom. The minimum Gasteiger partial charge on any atom is -0.494 e. The maximum Gasteiger partial charge on any atom is 0.203 e. The summed E-state index contributed by atoms with van der Waals surface area (Å²) in [6.07, 6.45) is 39.1. The highest BCUT2D eigenvalue weighted by atomic mass is 16.5. The molecule has 0 saturated carbocycles. The van der Waals surface area contributed by atoms with Crippen LogP contribution >= 0.6 is 0 Å². The Labute approximate surface area is 479 Å². The molecule has 5 rings (SSSR count). The quantitative estimate of drug-likeness (QED) is 0.0386. The van der Waals surface area contributed by atoms with Gasteiger partial charge in [-0.1, -0.05) is 243 Å². The molecule has 0 spiro atoms. The average Bonchev–Trinajstić information content (AvgIpc) is 3.49. The van der Waals surface area contributed by atoms with E-state index >= 15 is 0 Å². The standard InChI is InChI=1S/C71H104O8/c1-4-7-10-13-16-19-22-25-28-31-50-73-65-44-36-61(37-45-65)56-77-69-53-64(59-76-68-42-34-60(55-72)35-43-68)54-70(78-57-62-38-46-66(47-39-62)74-51-32-29-26-23-20-17-14-11-8-5-2)71(69)79-58-63-40-48-67(49-41-63)75-52-33-30-27-24-21-18-15-12-9-6-3/h34-49,53-54,72H,4-33,50-52,55-59H2,1-3H3. The minimum absolute atomic E-state index is 0.0230. The molecule has 0 heterocycles. The fourth-order valence-corrected chi connectivity index (χ4v) is 9.79. The van der Waals surface area contributed by atoms with Crippen molar-refractivity contribution in [2.24, 2.45) is 0 Å². The highest BCUT2D eigenvalue weighted by Gasteiger charge is 2.18. The van der Waals surface area contributed by atoms with E-state index in [-0.39, 0.29) is 13.2 Å². The van der Waals surface area contributed by atoms with Crippen LogP contribution < -0.4 is 33.2 Å². The van der Waals surface area contributed by atoms with Gasteiger partial charge in [0.15, 0.2) is 11.5 Å². The molecule has 5 aromatic carbocycles. The molecule has 0 saturated heterocycles. The molecular formula is C71H104O8. The van der Waals surface area contributed by atoms with Crippen molar-refractivity contribution in [3.63, 3.8) is 0 Å². The molecular weight excluding hydrogens is 981 g/mol. The molecule has 0 unspecified atom stereocenters. The Hall–Kier alpha value is -5.34. The SMILES string of the molecule is CCCCCCCCCCCCOc1ccc(COc2cc(COc3ccc(CO)cc3)cc(OCc3ccc(OCCCCCCCCCCCC)cc3)c2OCc2ccc(OCCCCCCCCCCCC)cc2)cc1. The molecule has 8 heteroatoms. The van der Waals surface area contributed by atoms with E-state index in [9.17, 15) is 5.11 Å². The first-order valence-corrected chi connectivity index (χ1v) is 31.6. The highest BCUT2D eigenvalue weighted by Crippen LogP contribution is 2.41. The van der Waals surface area contributed by atoms with Gasteiger partial charge in [0.2, 0.25) is 5.75 Å². The summed E-state index contributed by atoms with van der Waals surface area (Å²) in [5, 5.41) is 9.63. The maximum absolute atomic E-state index is 9.63. The van der Waals surface area contributed by atoms with E-state index < -0.39 is 0 Å². The molecule has 0 aliphatic carbocycles. The van der Waals surface area contributed by atoms with Gasteiger partial charge in [0.25, 0.3) is 0 Å². The van der Waals surface area contributed by atoms with Crippen molar-refractivity contribution >= 4 is 0 Å². The number of ether oxygens (including phenoxy) is 7. The van der Waals surface area contributed by atoms with Gasteiger partial charge in [0.1, 0.15) is 49.4 Å². The van der Waals surface area contributed by atoms with Crippen LogP contribution in [-0.2, 0) is 33.0 Å². The monoisotopic (exact) mass is 1080 g/mol. The summed E-state index contributed by atoms with van der Waals surface area (Å²) in [4.78, 5) is 0. The van der Waals surface area contributed by atoms with Crippen LogP contribution in [0.25, 0.3) is 0 Å². The van der Waals surface area contributed by atoms with Crippen LogP contribution in [0.2, 0.25) is 0 Å². The molecule has 1 N–H and O–H groups in total. The van der Waals surface area contributed by atoms with Crippen molar-refractivity contribution in [3.05, 3.63) is 137 Å². The summed E-state index contributed by atoms with van der Waals surface area (Å²) in [6.45, 7) is 10.2. The smallest absolute Gasteiger partial charge is 0.203 e. The summed E-state index contributed by atoms with van der Waals surface area (Å²) in [5.41, 5.74) is 4.71. The Morgan fingerprint density at radius 1 is 0.253 bits per heavy atom. The number of aliphatic hydroxyl groups excluding tert-OH is 1. The van der Waals surface area contributed by atoms with E-state index in [0.29, 0.717) is 42.8 Å². The zero-order chi connectivity index (χ0) is 55.5. The fourth-order valence-electron chi connectivity index (χ4n) is 9.79. The van der Waals surface area contributed by atoms with Crippen molar-refractivity contribution in [1.82, 2.24) is 0 Å². The number of benzene rings is 5. The van der Waals surface area contributed by atoms with Gasteiger partial charge < -0.3 is 38.3 Å². The van der Waals surface area contributed by atoms with Crippen molar-refractivity contribution in [2.45, 2.75) is 246 Å². The topological polar surface area (TPSA) is 84.8 Å². The lowest BCUT2D eigenvalue weighted by molar-refractivity contribution is 0.227. The molecule has 0 amide bonds. The molecule has 5 aromatic rings. The first-order valence-electron chi connectivity index (χ1n) is 31.6. The first-order chi connectivity index (χ1) is 39.1. The van der Waals surface area contributed by atoms with Gasteiger partial charge in [-0.3, -0.25) is 0 Å². The molecule has 0 fully saturated rings. The van der Waals surface area contributed by atoms with Crippen molar-refractivity contribution < 1.29 is 38.3 Å². The van der Waals surface area contributed by atoms with Crippen LogP contribution in [0.1, 0.15) is 241 Å². The van der Waals surface area contributed by atoms with E-state index in [1.165, 1.54) is 173 Å². The van der Waals surface area contributed by atoms with Gasteiger partial charge in [-0.05, 0) is 108 Å². The zero-order valence-electron chi connectivity index (χ0n) is 49.6. The van der Waals surface area contributed by atoms with Gasteiger partial charge in [0.05, 0.1) is 26.4 Å². The van der Waals surface area contributed by atoms with Crippen LogP contribution in [0.5, 0.6) is 40.2 Å². The first kappa shape index (κ1) is 64.5. The van der Waals surface area contributed by atoms with Crippen LogP contribution in [0.4, 0.5) is 0 Å². The summed E-state index contributed by atoms with van der Waals surface area (Å²) in [7, 11) is 0. The summed E-state index contributed by atoms with van der Waals surface area (Å²) >= 11 is 0. The van der Waals surface area contributed by atoms with Crippen LogP contribution in [0.3, 0.4) is 0 Å². The second kappa shape index (κ2) is 42.5. The molecule has 79 heavy (non-hydrogen) atoms. The average molecular weight is 1090 g/mol. The van der Waals surface area contributed by atoms with E-state index in [4.69, 9.17) is 33.2 Å². The van der Waals surface area contributed by atoms with Crippen LogP contribution in [0, 0.1) is 0 Å². The van der Waals surface area contributed by atoms with Gasteiger partial charge in [-0.25, -0.2) is 0 Å². The lowest BCUT2D eigenvalue weighted by atomic mass is 10.1. The Morgan fingerprint density at radius 3 is 0.810 bits per heavy atom. The number of rotatable bonds is 49. The van der Waals surface area contributed by atoms with Crippen LogP contribution in [-0.4, -0.2) is 24.9 Å². The minimum atomic E-state index is -0.0230. The molecule has 0 bridgehead atoms.